The molecule has 0 aromatic heterocycles. The van der Waals surface area contributed by atoms with Crippen LogP contribution in [0.2, 0.25) is 0 Å². The number of hydrogen-bond donors (Lipinski definition) is 0. The van der Waals surface area contributed by atoms with E-state index in [1.165, 1.54) is 9.88 Å². The first-order valence-corrected chi connectivity index (χ1v) is 9.46. The van der Waals surface area contributed by atoms with Gasteiger partial charge in [-0.1, -0.05) is 49.1 Å². The van der Waals surface area contributed by atoms with Crippen LogP contribution in [0.1, 0.15) is 32.3 Å². The molecule has 1 aromatic carbocycles. The Bertz CT molecular complexity index is 711. The molecule has 0 N–H and O–H groups in total. The van der Waals surface area contributed by atoms with Crippen LogP contribution < -0.4 is 0 Å². The Hall–Kier alpha value is -1.57. The molecule has 1 aliphatic carbocycles. The van der Waals surface area contributed by atoms with Crippen molar-refractivity contribution in [1.82, 2.24) is 4.31 Å². The molecule has 0 fully saturated rings. The highest BCUT2D eigenvalue weighted by Crippen LogP contribution is 2.30. The topological polar surface area (TPSA) is 37.4 Å². The van der Waals surface area contributed by atoms with Crippen LogP contribution in [0.3, 0.4) is 0 Å². The molecule has 0 radical (unpaired) electrons. The standard InChI is InChI=1S/C19H25NO2S/c1-5-12-20(14-18-9-8-16(3)17(4)13-18)23(21,22)19-10-6-15(2)7-11-19/h1,6-7,9-11,16-17H,8,12-14H2,2-4H3. The van der Waals surface area contributed by atoms with E-state index >= 15 is 0 Å². The van der Waals surface area contributed by atoms with Crippen LogP contribution in [-0.2, 0) is 10.0 Å². The van der Waals surface area contributed by atoms with E-state index in [0.717, 1.165) is 18.4 Å². The van der Waals surface area contributed by atoms with Gasteiger partial charge in [0.1, 0.15) is 0 Å². The van der Waals surface area contributed by atoms with E-state index in [0.29, 0.717) is 23.3 Å². The van der Waals surface area contributed by atoms with Crippen molar-refractivity contribution in [3.05, 3.63) is 41.5 Å². The molecule has 1 aromatic rings. The van der Waals surface area contributed by atoms with Crippen LogP contribution in [0.5, 0.6) is 0 Å². The fraction of sp³-hybridized carbons (Fsp3) is 0.474. The predicted octanol–water partition coefficient (Wildman–Crippen LogP) is 3.61. The highest BCUT2D eigenvalue weighted by atomic mass is 32.2. The summed E-state index contributed by atoms with van der Waals surface area (Å²) in [5.74, 6) is 3.70. The van der Waals surface area contributed by atoms with E-state index < -0.39 is 10.0 Å². The van der Waals surface area contributed by atoms with Gasteiger partial charge in [-0.3, -0.25) is 0 Å². The van der Waals surface area contributed by atoms with Gasteiger partial charge in [0.25, 0.3) is 0 Å². The molecule has 2 atom stereocenters. The van der Waals surface area contributed by atoms with Crippen molar-refractivity contribution in [2.45, 2.75) is 38.5 Å². The molecule has 2 rings (SSSR count). The number of nitrogens with zero attached hydrogens (tertiary/aromatic N) is 1. The van der Waals surface area contributed by atoms with Crippen LogP contribution in [0.4, 0.5) is 0 Å². The number of sulfonamides is 1. The van der Waals surface area contributed by atoms with Gasteiger partial charge in [-0.05, 0) is 43.7 Å². The Morgan fingerprint density at radius 2 is 1.87 bits per heavy atom. The zero-order valence-corrected chi connectivity index (χ0v) is 14.9. The van der Waals surface area contributed by atoms with E-state index in [4.69, 9.17) is 6.42 Å². The monoisotopic (exact) mass is 331 g/mol. The largest absolute Gasteiger partial charge is 0.244 e. The van der Waals surface area contributed by atoms with Gasteiger partial charge in [0.15, 0.2) is 0 Å². The van der Waals surface area contributed by atoms with Crippen molar-refractivity contribution in [3.63, 3.8) is 0 Å². The van der Waals surface area contributed by atoms with Crippen LogP contribution in [0, 0.1) is 31.1 Å². The second-order valence-corrected chi connectivity index (χ2v) is 8.48. The van der Waals surface area contributed by atoms with Crippen molar-refractivity contribution >= 4 is 10.0 Å². The van der Waals surface area contributed by atoms with Crippen molar-refractivity contribution in [1.29, 1.82) is 0 Å². The molecular formula is C19H25NO2S. The van der Waals surface area contributed by atoms with E-state index in [1.807, 2.05) is 19.1 Å². The summed E-state index contributed by atoms with van der Waals surface area (Å²) in [5, 5.41) is 0. The summed E-state index contributed by atoms with van der Waals surface area (Å²) in [4.78, 5) is 0.302. The third-order valence-electron chi connectivity index (χ3n) is 4.64. The number of terminal acetylenes is 1. The first-order valence-electron chi connectivity index (χ1n) is 8.02. The highest BCUT2D eigenvalue weighted by Gasteiger charge is 2.26. The van der Waals surface area contributed by atoms with Crippen LogP contribution in [0.25, 0.3) is 0 Å². The molecule has 0 bridgehead atoms. The second kappa shape index (κ2) is 7.33. The normalized spacial score (nSPS) is 21.8. The third-order valence-corrected chi connectivity index (χ3v) is 6.45. The maximum absolute atomic E-state index is 12.9. The number of rotatable bonds is 5. The molecular weight excluding hydrogens is 306 g/mol. The molecule has 0 saturated carbocycles. The fourth-order valence-electron chi connectivity index (χ4n) is 2.83. The molecule has 0 saturated heterocycles. The number of allylic oxidation sites excluding steroid dienone is 1. The quantitative estimate of drug-likeness (QED) is 0.610. The Balaban J connectivity index is 2.24. The molecule has 1 aliphatic rings. The van der Waals surface area contributed by atoms with Crippen molar-refractivity contribution < 1.29 is 8.42 Å². The Labute approximate surface area is 140 Å². The lowest BCUT2D eigenvalue weighted by Gasteiger charge is -2.28. The summed E-state index contributed by atoms with van der Waals surface area (Å²) >= 11 is 0. The lowest BCUT2D eigenvalue weighted by molar-refractivity contribution is 0.355. The summed E-state index contributed by atoms with van der Waals surface area (Å²) in [6.45, 7) is 6.87. The van der Waals surface area contributed by atoms with E-state index in [-0.39, 0.29) is 6.54 Å². The molecule has 2 unspecified atom stereocenters. The van der Waals surface area contributed by atoms with Crippen molar-refractivity contribution in [2.75, 3.05) is 13.1 Å². The summed E-state index contributed by atoms with van der Waals surface area (Å²) < 4.78 is 27.1. The average Bonchev–Trinajstić information content (AvgIpc) is 2.51. The number of benzene rings is 1. The predicted molar refractivity (Wildman–Crippen MR) is 94.4 cm³/mol. The first-order chi connectivity index (χ1) is 10.8. The summed E-state index contributed by atoms with van der Waals surface area (Å²) in [6.07, 6.45) is 9.53. The van der Waals surface area contributed by atoms with Gasteiger partial charge in [0.05, 0.1) is 11.4 Å². The van der Waals surface area contributed by atoms with Crippen molar-refractivity contribution in [2.24, 2.45) is 11.8 Å². The van der Waals surface area contributed by atoms with Gasteiger partial charge in [-0.15, -0.1) is 6.42 Å². The number of aryl methyl sites for hydroxylation is 1. The SMILES string of the molecule is C#CCN(CC1=CCC(C)C(C)C1)S(=O)(=O)c1ccc(C)cc1. The maximum atomic E-state index is 12.9. The average molecular weight is 331 g/mol. The Morgan fingerprint density at radius 1 is 1.22 bits per heavy atom. The van der Waals surface area contributed by atoms with Gasteiger partial charge < -0.3 is 0 Å². The highest BCUT2D eigenvalue weighted by molar-refractivity contribution is 7.89. The maximum Gasteiger partial charge on any atom is 0.244 e. The van der Waals surface area contributed by atoms with E-state index in [1.54, 1.807) is 12.1 Å². The molecule has 0 aliphatic heterocycles. The molecule has 0 amide bonds. The molecule has 3 nitrogen and oxygen atoms in total. The van der Waals surface area contributed by atoms with E-state index in [2.05, 4.69) is 25.8 Å². The summed E-state index contributed by atoms with van der Waals surface area (Å²) in [5.41, 5.74) is 2.20. The first kappa shape index (κ1) is 17.8. The minimum Gasteiger partial charge on any atom is -0.207 e. The third kappa shape index (κ3) is 4.25. The Morgan fingerprint density at radius 3 is 2.43 bits per heavy atom. The molecule has 23 heavy (non-hydrogen) atoms. The minimum atomic E-state index is -3.56. The van der Waals surface area contributed by atoms with Gasteiger partial charge in [-0.2, -0.15) is 4.31 Å². The van der Waals surface area contributed by atoms with Crippen molar-refractivity contribution in [3.8, 4) is 12.3 Å². The minimum absolute atomic E-state index is 0.0947. The zero-order chi connectivity index (χ0) is 17.0. The van der Waals surface area contributed by atoms with Gasteiger partial charge in [0.2, 0.25) is 10.0 Å². The van der Waals surface area contributed by atoms with Gasteiger partial charge >= 0.3 is 0 Å². The molecule has 0 spiro atoms. The molecule has 0 heterocycles. The van der Waals surface area contributed by atoms with Gasteiger partial charge in [0, 0.05) is 6.54 Å². The van der Waals surface area contributed by atoms with E-state index in [9.17, 15) is 8.42 Å². The zero-order valence-electron chi connectivity index (χ0n) is 14.1. The fourth-order valence-corrected chi connectivity index (χ4v) is 4.18. The number of hydrogen-bond acceptors (Lipinski definition) is 2. The lowest BCUT2D eigenvalue weighted by Crippen LogP contribution is -2.34. The summed E-state index contributed by atoms with van der Waals surface area (Å²) in [7, 11) is -3.56. The van der Waals surface area contributed by atoms with Gasteiger partial charge in [-0.25, -0.2) is 8.42 Å². The van der Waals surface area contributed by atoms with Crippen LogP contribution >= 0.6 is 0 Å². The molecule has 124 valence electrons. The smallest absolute Gasteiger partial charge is 0.207 e. The lowest BCUT2D eigenvalue weighted by atomic mass is 9.82. The van der Waals surface area contributed by atoms with Crippen LogP contribution in [0.15, 0.2) is 40.8 Å². The molecule has 4 heteroatoms. The van der Waals surface area contributed by atoms with Crippen LogP contribution in [-0.4, -0.2) is 25.8 Å². The second-order valence-electron chi connectivity index (χ2n) is 6.55. The Kier molecular flexibility index (Phi) is 5.67. The summed E-state index contributed by atoms with van der Waals surface area (Å²) in [6, 6.07) is 6.91.